The molecule has 0 unspecified atom stereocenters. The highest BCUT2D eigenvalue weighted by molar-refractivity contribution is 5.97. The van der Waals surface area contributed by atoms with E-state index in [1.807, 2.05) is 33.8 Å². The fourth-order valence-corrected chi connectivity index (χ4v) is 1.25. The molecule has 0 saturated carbocycles. The molecule has 0 rings (SSSR count). The van der Waals surface area contributed by atoms with Gasteiger partial charge in [-0.05, 0) is 32.9 Å². The maximum atomic E-state index is 12.0. The number of aliphatic hydroxyl groups excluding tert-OH is 1. The molecule has 0 aliphatic carbocycles. The molecule has 0 radical (unpaired) electrons. The van der Waals surface area contributed by atoms with E-state index in [9.17, 15) is 9.90 Å². The largest absolute Gasteiger partial charge is 0.506 e. The van der Waals surface area contributed by atoms with E-state index in [2.05, 4.69) is 11.9 Å². The Morgan fingerprint density at radius 1 is 1.10 bits per heavy atom. The number of allylic oxidation sites excluding steroid dienone is 7. The molecule has 0 saturated heterocycles. The molecule has 21 heavy (non-hydrogen) atoms. The Balaban J connectivity index is 0. The number of carbonyl (C=O) groups excluding carboxylic acids is 1. The molecule has 1 amide bonds. The average Bonchev–Trinajstić information content (AvgIpc) is 2.52. The second-order valence-corrected chi connectivity index (χ2v) is 3.59. The second-order valence-electron chi connectivity index (χ2n) is 3.59. The first-order valence-electron chi connectivity index (χ1n) is 7.06. The third kappa shape index (κ3) is 9.27. The van der Waals surface area contributed by atoms with Crippen LogP contribution in [0.2, 0.25) is 0 Å². The van der Waals surface area contributed by atoms with Gasteiger partial charge in [0, 0.05) is 5.57 Å². The lowest BCUT2D eigenvalue weighted by Crippen LogP contribution is -2.24. The quantitative estimate of drug-likeness (QED) is 0.421. The van der Waals surface area contributed by atoms with E-state index < -0.39 is 0 Å². The molecule has 0 aliphatic rings. The predicted octanol–water partition coefficient (Wildman–Crippen LogP) is 4.74. The van der Waals surface area contributed by atoms with Crippen LogP contribution >= 0.6 is 0 Å². The zero-order chi connectivity index (χ0) is 16.7. The van der Waals surface area contributed by atoms with Crippen molar-refractivity contribution < 1.29 is 9.90 Å². The molecule has 0 heterocycles. The number of carbonyl (C=O) groups is 1. The third-order valence-corrected chi connectivity index (χ3v) is 2.16. The average molecular weight is 289 g/mol. The van der Waals surface area contributed by atoms with E-state index >= 15 is 0 Å². The Morgan fingerprint density at radius 2 is 1.71 bits per heavy atom. The summed E-state index contributed by atoms with van der Waals surface area (Å²) < 4.78 is 0. The molecule has 3 nitrogen and oxygen atoms in total. The van der Waals surface area contributed by atoms with Crippen molar-refractivity contribution in [1.29, 1.82) is 0 Å². The van der Waals surface area contributed by atoms with Gasteiger partial charge in [0.25, 0.3) is 5.91 Å². The number of nitrogens with one attached hydrogen (secondary N) is 1. The van der Waals surface area contributed by atoms with E-state index in [1.54, 1.807) is 43.4 Å². The Kier molecular flexibility index (Phi) is 14.1. The van der Waals surface area contributed by atoms with Gasteiger partial charge in [-0.15, -0.1) is 0 Å². The van der Waals surface area contributed by atoms with Crippen LogP contribution < -0.4 is 5.32 Å². The van der Waals surface area contributed by atoms with Crippen molar-refractivity contribution in [1.82, 2.24) is 5.32 Å². The second kappa shape index (κ2) is 14.1. The third-order valence-electron chi connectivity index (χ3n) is 2.16. The lowest BCUT2D eigenvalue weighted by atomic mass is 10.2. The minimum atomic E-state index is -0.304. The van der Waals surface area contributed by atoms with Gasteiger partial charge in [0.15, 0.2) is 0 Å². The molecule has 0 spiro atoms. The first-order valence-corrected chi connectivity index (χ1v) is 7.06. The van der Waals surface area contributed by atoms with Gasteiger partial charge in [-0.3, -0.25) is 4.79 Å². The van der Waals surface area contributed by atoms with Crippen molar-refractivity contribution in [2.75, 3.05) is 0 Å². The number of amides is 1. The first kappa shape index (κ1) is 21.0. The van der Waals surface area contributed by atoms with Crippen LogP contribution in [0.25, 0.3) is 0 Å². The van der Waals surface area contributed by atoms with Gasteiger partial charge in [-0.25, -0.2) is 0 Å². The van der Waals surface area contributed by atoms with E-state index in [4.69, 9.17) is 0 Å². The zero-order valence-corrected chi connectivity index (χ0v) is 13.7. The fourth-order valence-electron chi connectivity index (χ4n) is 1.25. The van der Waals surface area contributed by atoms with Gasteiger partial charge in [0.2, 0.25) is 0 Å². The minimum Gasteiger partial charge on any atom is -0.506 e. The Labute approximate surface area is 128 Å². The molecule has 0 atom stereocenters. The minimum absolute atomic E-state index is 0.0184. The summed E-state index contributed by atoms with van der Waals surface area (Å²) in [4.78, 5) is 12.0. The van der Waals surface area contributed by atoms with Gasteiger partial charge < -0.3 is 10.4 Å². The zero-order valence-electron chi connectivity index (χ0n) is 13.7. The summed E-state index contributed by atoms with van der Waals surface area (Å²) >= 11 is 0. The smallest absolute Gasteiger partial charge is 0.255 e. The van der Waals surface area contributed by atoms with Crippen molar-refractivity contribution in [2.45, 2.75) is 34.6 Å². The Morgan fingerprint density at radius 3 is 2.14 bits per heavy atom. The van der Waals surface area contributed by atoms with Crippen LogP contribution in [0.4, 0.5) is 0 Å². The maximum absolute atomic E-state index is 12.0. The Bertz CT molecular complexity index is 464. The molecular formula is C18H27NO2. The van der Waals surface area contributed by atoms with Crippen LogP contribution in [0, 0.1) is 0 Å². The lowest BCUT2D eigenvalue weighted by Gasteiger charge is -2.09. The Hall–Kier alpha value is -2.29. The monoisotopic (exact) mass is 289 g/mol. The highest BCUT2D eigenvalue weighted by Crippen LogP contribution is 2.06. The summed E-state index contributed by atoms with van der Waals surface area (Å²) in [7, 11) is 0. The van der Waals surface area contributed by atoms with E-state index in [0.29, 0.717) is 11.3 Å². The summed E-state index contributed by atoms with van der Waals surface area (Å²) in [5.41, 5.74) is 0.817. The molecule has 0 aliphatic heterocycles. The van der Waals surface area contributed by atoms with Crippen LogP contribution in [-0.2, 0) is 4.79 Å². The van der Waals surface area contributed by atoms with Gasteiger partial charge in [-0.2, -0.15) is 0 Å². The van der Waals surface area contributed by atoms with Crippen LogP contribution in [0.15, 0.2) is 72.2 Å². The summed E-state index contributed by atoms with van der Waals surface area (Å²) in [5.74, 6) is -0.285. The van der Waals surface area contributed by atoms with E-state index in [1.165, 1.54) is 6.08 Å². The first-order chi connectivity index (χ1) is 10.1. The summed E-state index contributed by atoms with van der Waals surface area (Å²) in [5, 5.41) is 12.4. The highest BCUT2D eigenvalue weighted by atomic mass is 16.3. The predicted molar refractivity (Wildman–Crippen MR) is 91.9 cm³/mol. The fraction of sp³-hybridized carbons (Fsp3) is 0.278. The van der Waals surface area contributed by atoms with Crippen LogP contribution in [0.3, 0.4) is 0 Å². The van der Waals surface area contributed by atoms with Gasteiger partial charge in [0.05, 0.1) is 5.70 Å². The molecule has 0 aromatic rings. The van der Waals surface area contributed by atoms with E-state index in [0.717, 1.165) is 0 Å². The van der Waals surface area contributed by atoms with Gasteiger partial charge >= 0.3 is 0 Å². The number of hydrogen-bond acceptors (Lipinski definition) is 2. The van der Waals surface area contributed by atoms with Crippen molar-refractivity contribution in [2.24, 2.45) is 0 Å². The summed E-state index contributed by atoms with van der Waals surface area (Å²) in [6, 6.07) is 0. The molecule has 116 valence electrons. The summed E-state index contributed by atoms with van der Waals surface area (Å²) in [6.07, 6.45) is 13.3. The molecule has 0 aromatic heterocycles. The van der Waals surface area contributed by atoms with Crippen LogP contribution in [-0.4, -0.2) is 11.0 Å². The van der Waals surface area contributed by atoms with Crippen molar-refractivity contribution >= 4 is 5.91 Å². The van der Waals surface area contributed by atoms with Gasteiger partial charge in [0.1, 0.15) is 5.76 Å². The number of rotatable bonds is 6. The molecule has 2 N–H and O–H groups in total. The maximum Gasteiger partial charge on any atom is 0.255 e. The van der Waals surface area contributed by atoms with Gasteiger partial charge in [-0.1, -0.05) is 56.9 Å². The van der Waals surface area contributed by atoms with Crippen LogP contribution in [0.1, 0.15) is 34.6 Å². The molecule has 0 fully saturated rings. The van der Waals surface area contributed by atoms with Crippen molar-refractivity contribution in [3.8, 4) is 0 Å². The van der Waals surface area contributed by atoms with Crippen LogP contribution in [0.5, 0.6) is 0 Å². The standard InChI is InChI=1S/C16H21NO2.C2H6/c1-5-9-12-14(15(18)8-4)17-16(19)13(10-6-2)11-7-3;1-2/h5-12,18H,2H2,1,3-4H3,(H,17,19);1-2H3/b9-5-,11-7-,13-10+,14-12+,15-8+;. The molecule has 3 heteroatoms. The van der Waals surface area contributed by atoms with Crippen molar-refractivity contribution in [3.05, 3.63) is 72.2 Å². The molecule has 0 bridgehead atoms. The number of hydrogen-bond donors (Lipinski definition) is 2. The number of aliphatic hydroxyl groups is 1. The SMILES string of the molecule is C=C/C=C(\C=C/C)C(=O)NC(=C/C=C\C)/C(O)=C\C.CC. The molecule has 0 aromatic carbocycles. The molecular weight excluding hydrogens is 262 g/mol. The normalized spacial score (nSPS) is 13.1. The van der Waals surface area contributed by atoms with Crippen molar-refractivity contribution in [3.63, 3.8) is 0 Å². The van der Waals surface area contributed by atoms with E-state index in [-0.39, 0.29) is 11.7 Å². The summed E-state index contributed by atoms with van der Waals surface area (Å²) in [6.45, 7) is 12.9. The topological polar surface area (TPSA) is 49.3 Å². The highest BCUT2D eigenvalue weighted by Gasteiger charge is 2.09. The lowest BCUT2D eigenvalue weighted by molar-refractivity contribution is -0.116.